The molecule has 29 heavy (non-hydrogen) atoms. The highest BCUT2D eigenvalue weighted by Crippen LogP contribution is 2.34. The predicted octanol–water partition coefficient (Wildman–Crippen LogP) is 3.38. The van der Waals surface area contributed by atoms with Crippen molar-refractivity contribution in [3.8, 4) is 23.0 Å². The molecule has 0 fully saturated rings. The SMILES string of the molecule is CCc1ccc(NC(=O)CSc2nnc(-c3cc4c(cn3)OCO4)n2CC)cc1. The summed E-state index contributed by atoms with van der Waals surface area (Å²) in [5.41, 5.74) is 2.67. The normalized spacial score (nSPS) is 12.2. The van der Waals surface area contributed by atoms with E-state index in [0.717, 1.165) is 12.1 Å². The molecular formula is C20H21N5O3S. The smallest absolute Gasteiger partial charge is 0.234 e. The molecule has 1 aromatic carbocycles. The Morgan fingerprint density at radius 3 is 2.72 bits per heavy atom. The van der Waals surface area contributed by atoms with E-state index in [0.29, 0.717) is 34.7 Å². The first-order chi connectivity index (χ1) is 14.2. The molecule has 0 atom stereocenters. The van der Waals surface area contributed by atoms with E-state index in [4.69, 9.17) is 9.47 Å². The van der Waals surface area contributed by atoms with Crippen molar-refractivity contribution in [2.45, 2.75) is 32.0 Å². The van der Waals surface area contributed by atoms with Crippen LogP contribution in [0.4, 0.5) is 5.69 Å². The van der Waals surface area contributed by atoms with Crippen LogP contribution in [0.5, 0.6) is 11.5 Å². The van der Waals surface area contributed by atoms with Crippen molar-refractivity contribution in [3.63, 3.8) is 0 Å². The van der Waals surface area contributed by atoms with Gasteiger partial charge in [0.05, 0.1) is 11.9 Å². The molecule has 150 valence electrons. The lowest BCUT2D eigenvalue weighted by Gasteiger charge is -2.08. The molecule has 1 aliphatic rings. The van der Waals surface area contributed by atoms with Crippen molar-refractivity contribution in [3.05, 3.63) is 42.1 Å². The van der Waals surface area contributed by atoms with Gasteiger partial charge in [-0.1, -0.05) is 30.8 Å². The Hall–Kier alpha value is -3.07. The van der Waals surface area contributed by atoms with Crippen LogP contribution >= 0.6 is 11.8 Å². The Bertz CT molecular complexity index is 1020. The van der Waals surface area contributed by atoms with Gasteiger partial charge in [-0.15, -0.1) is 10.2 Å². The number of amides is 1. The molecule has 1 amide bonds. The molecule has 1 N–H and O–H groups in total. The molecule has 3 heterocycles. The fraction of sp³-hybridized carbons (Fsp3) is 0.300. The topological polar surface area (TPSA) is 91.2 Å². The lowest BCUT2D eigenvalue weighted by atomic mass is 10.1. The first-order valence-electron chi connectivity index (χ1n) is 9.38. The molecule has 0 saturated carbocycles. The number of thioether (sulfide) groups is 1. The summed E-state index contributed by atoms with van der Waals surface area (Å²) >= 11 is 1.34. The van der Waals surface area contributed by atoms with Crippen LogP contribution in [0.3, 0.4) is 0 Å². The average molecular weight is 411 g/mol. The minimum atomic E-state index is -0.0901. The third-order valence-electron chi connectivity index (χ3n) is 4.50. The molecule has 9 heteroatoms. The van der Waals surface area contributed by atoms with Gasteiger partial charge in [-0.2, -0.15) is 0 Å². The number of benzene rings is 1. The summed E-state index contributed by atoms with van der Waals surface area (Å²) in [6.07, 6.45) is 2.59. The van der Waals surface area contributed by atoms with Gasteiger partial charge in [0.25, 0.3) is 0 Å². The first-order valence-corrected chi connectivity index (χ1v) is 10.4. The van der Waals surface area contributed by atoms with E-state index in [1.54, 1.807) is 12.3 Å². The fourth-order valence-electron chi connectivity index (χ4n) is 2.95. The quantitative estimate of drug-likeness (QED) is 0.596. The van der Waals surface area contributed by atoms with E-state index in [2.05, 4.69) is 27.4 Å². The molecule has 0 radical (unpaired) electrons. The lowest BCUT2D eigenvalue weighted by Crippen LogP contribution is -2.14. The Kier molecular flexibility index (Phi) is 5.66. The zero-order chi connectivity index (χ0) is 20.2. The van der Waals surface area contributed by atoms with Gasteiger partial charge < -0.3 is 19.4 Å². The van der Waals surface area contributed by atoms with Gasteiger partial charge >= 0.3 is 0 Å². The minimum Gasteiger partial charge on any atom is -0.453 e. The third-order valence-corrected chi connectivity index (χ3v) is 5.47. The largest absolute Gasteiger partial charge is 0.453 e. The second-order valence-electron chi connectivity index (χ2n) is 6.36. The minimum absolute atomic E-state index is 0.0901. The standard InChI is InChI=1S/C20H21N5O3S/c1-3-13-5-7-14(8-6-13)22-18(26)11-29-20-24-23-19(25(20)4-2)15-9-16-17(10-21-15)28-12-27-16/h5-10H,3-4,11-12H2,1-2H3,(H,22,26). The van der Waals surface area contributed by atoms with Gasteiger partial charge in [-0.05, 0) is 31.0 Å². The van der Waals surface area contributed by atoms with Gasteiger partial charge in [0.2, 0.25) is 12.7 Å². The molecule has 0 bridgehead atoms. The maximum absolute atomic E-state index is 12.3. The van der Waals surface area contributed by atoms with Gasteiger partial charge in [0, 0.05) is 18.3 Å². The summed E-state index contributed by atoms with van der Waals surface area (Å²) < 4.78 is 12.6. The summed E-state index contributed by atoms with van der Waals surface area (Å²) in [6, 6.07) is 9.65. The highest BCUT2D eigenvalue weighted by Gasteiger charge is 2.20. The van der Waals surface area contributed by atoms with Gasteiger partial charge in [0.15, 0.2) is 22.5 Å². The van der Waals surface area contributed by atoms with Crippen LogP contribution in [0.15, 0.2) is 41.7 Å². The molecule has 2 aromatic heterocycles. The van der Waals surface area contributed by atoms with Crippen molar-refractivity contribution < 1.29 is 14.3 Å². The van der Waals surface area contributed by atoms with Crippen molar-refractivity contribution in [1.82, 2.24) is 19.7 Å². The number of ether oxygens (including phenoxy) is 2. The van der Waals surface area contributed by atoms with E-state index >= 15 is 0 Å². The van der Waals surface area contributed by atoms with E-state index in [1.165, 1.54) is 17.3 Å². The summed E-state index contributed by atoms with van der Waals surface area (Å²) in [5.74, 6) is 2.04. The number of carbonyl (C=O) groups excluding carboxylic acids is 1. The molecule has 8 nitrogen and oxygen atoms in total. The number of aromatic nitrogens is 4. The number of carbonyl (C=O) groups is 1. The highest BCUT2D eigenvalue weighted by molar-refractivity contribution is 7.99. The van der Waals surface area contributed by atoms with Crippen LogP contribution in [0.1, 0.15) is 19.4 Å². The summed E-state index contributed by atoms with van der Waals surface area (Å²) in [6.45, 7) is 4.94. The number of anilines is 1. The second kappa shape index (κ2) is 8.52. The zero-order valence-corrected chi connectivity index (χ0v) is 17.0. The van der Waals surface area contributed by atoms with E-state index in [1.807, 2.05) is 35.8 Å². The van der Waals surface area contributed by atoms with Crippen LogP contribution in [-0.4, -0.2) is 38.2 Å². The first kappa shape index (κ1) is 19.3. The van der Waals surface area contributed by atoms with E-state index < -0.39 is 0 Å². The summed E-state index contributed by atoms with van der Waals surface area (Å²) in [5, 5.41) is 12.1. The monoisotopic (exact) mass is 411 g/mol. The number of nitrogens with one attached hydrogen (secondary N) is 1. The number of nitrogens with zero attached hydrogens (tertiary/aromatic N) is 4. The van der Waals surface area contributed by atoms with Gasteiger partial charge in [-0.25, -0.2) is 4.98 Å². The van der Waals surface area contributed by atoms with Gasteiger partial charge in [-0.3, -0.25) is 4.79 Å². The predicted molar refractivity (Wildman–Crippen MR) is 110 cm³/mol. The highest BCUT2D eigenvalue weighted by atomic mass is 32.2. The van der Waals surface area contributed by atoms with E-state index in [-0.39, 0.29) is 18.5 Å². The molecule has 1 aliphatic heterocycles. The van der Waals surface area contributed by atoms with Crippen molar-refractivity contribution in [1.29, 1.82) is 0 Å². The third kappa shape index (κ3) is 4.19. The van der Waals surface area contributed by atoms with Crippen molar-refractivity contribution in [2.24, 2.45) is 0 Å². The van der Waals surface area contributed by atoms with Gasteiger partial charge in [0.1, 0.15) is 5.69 Å². The summed E-state index contributed by atoms with van der Waals surface area (Å²) in [4.78, 5) is 16.7. The van der Waals surface area contributed by atoms with Crippen LogP contribution in [0.25, 0.3) is 11.5 Å². The number of aryl methyl sites for hydroxylation is 1. The van der Waals surface area contributed by atoms with Crippen LogP contribution in [-0.2, 0) is 17.8 Å². The Morgan fingerprint density at radius 1 is 1.17 bits per heavy atom. The van der Waals surface area contributed by atoms with Crippen molar-refractivity contribution >= 4 is 23.4 Å². The van der Waals surface area contributed by atoms with Crippen LogP contribution in [0, 0.1) is 0 Å². The molecule has 0 aliphatic carbocycles. The second-order valence-corrected chi connectivity index (χ2v) is 7.30. The molecule has 0 unspecified atom stereocenters. The number of hydrogen-bond acceptors (Lipinski definition) is 7. The maximum atomic E-state index is 12.3. The average Bonchev–Trinajstić information content (AvgIpc) is 3.38. The summed E-state index contributed by atoms with van der Waals surface area (Å²) in [7, 11) is 0. The number of rotatable bonds is 7. The molecule has 3 aromatic rings. The molecule has 4 rings (SSSR count). The molecule has 0 spiro atoms. The Morgan fingerprint density at radius 2 is 1.97 bits per heavy atom. The Balaban J connectivity index is 1.43. The number of fused-ring (bicyclic) bond motifs is 1. The number of pyridine rings is 1. The zero-order valence-electron chi connectivity index (χ0n) is 16.2. The lowest BCUT2D eigenvalue weighted by molar-refractivity contribution is -0.113. The van der Waals surface area contributed by atoms with Crippen LogP contribution < -0.4 is 14.8 Å². The molecule has 0 saturated heterocycles. The Labute approximate surface area is 172 Å². The fourth-order valence-corrected chi connectivity index (χ4v) is 3.75. The number of hydrogen-bond donors (Lipinski definition) is 1. The van der Waals surface area contributed by atoms with Crippen molar-refractivity contribution in [2.75, 3.05) is 17.9 Å². The van der Waals surface area contributed by atoms with E-state index in [9.17, 15) is 4.79 Å². The molecular weight excluding hydrogens is 390 g/mol. The van der Waals surface area contributed by atoms with Crippen LogP contribution in [0.2, 0.25) is 0 Å². The maximum Gasteiger partial charge on any atom is 0.234 e.